The maximum atomic E-state index is 12.6. The van der Waals surface area contributed by atoms with Crippen LogP contribution in [0, 0.1) is 46.3 Å². The van der Waals surface area contributed by atoms with Crippen LogP contribution in [0.5, 0.6) is 0 Å². The molecule has 4 aliphatic rings. The van der Waals surface area contributed by atoms with Gasteiger partial charge >= 0.3 is 0 Å². The first-order chi connectivity index (χ1) is 17.0. The first-order valence-corrected chi connectivity index (χ1v) is 14.2. The summed E-state index contributed by atoms with van der Waals surface area (Å²) in [5.41, 5.74) is 7.04. The molecule has 11 atom stereocenters. The normalized spacial score (nSPS) is 43.5. The van der Waals surface area contributed by atoms with Crippen molar-refractivity contribution in [3.63, 3.8) is 0 Å². The van der Waals surface area contributed by atoms with E-state index in [4.69, 9.17) is 5.73 Å². The minimum absolute atomic E-state index is 0. The minimum atomic E-state index is -0.392. The number of carbonyl (C=O) groups excluding carboxylic acids is 1. The van der Waals surface area contributed by atoms with Gasteiger partial charge in [-0.1, -0.05) is 20.8 Å². The number of aliphatic hydroxyl groups is 3. The third-order valence-corrected chi connectivity index (χ3v) is 11.5. The number of nitrogens with two attached hydrogens (primary N) is 1. The lowest BCUT2D eigenvalue weighted by Gasteiger charge is -2.63. The average molecular weight is 535 g/mol. The number of fused-ring (bicyclic) bond motifs is 5. The molecule has 6 nitrogen and oxygen atoms in total. The molecule has 4 fully saturated rings. The Morgan fingerprint density at radius 1 is 1.05 bits per heavy atom. The molecule has 6 N–H and O–H groups in total. The second-order valence-electron chi connectivity index (χ2n) is 13.2. The third kappa shape index (κ3) is 4.92. The molecule has 0 spiro atoms. The molecule has 1 amide bonds. The molecule has 208 valence electrons. The van der Waals surface area contributed by atoms with Crippen LogP contribution in [0.1, 0.15) is 78.6 Å². The van der Waals surface area contributed by atoms with Gasteiger partial charge < -0.3 is 26.4 Å². The number of hydrogen-bond donors (Lipinski definition) is 5. The fourth-order valence-corrected chi connectivity index (χ4v) is 9.48. The predicted molar refractivity (Wildman–Crippen MR) is 149 cm³/mol. The summed E-state index contributed by atoms with van der Waals surface area (Å²) in [4.78, 5) is 12.6. The van der Waals surface area contributed by atoms with E-state index in [0.717, 1.165) is 57.1 Å². The Morgan fingerprint density at radius 2 is 1.76 bits per heavy atom. The van der Waals surface area contributed by atoms with Crippen LogP contribution in [-0.2, 0) is 4.79 Å². The number of hydrogen-bond acceptors (Lipinski definition) is 5. The molecule has 1 aromatic carbocycles. The Morgan fingerprint density at radius 3 is 2.46 bits per heavy atom. The molecule has 4 aliphatic carbocycles. The highest BCUT2D eigenvalue weighted by molar-refractivity contribution is 5.90. The summed E-state index contributed by atoms with van der Waals surface area (Å²) in [5, 5.41) is 36.4. The zero-order valence-corrected chi connectivity index (χ0v) is 23.4. The van der Waals surface area contributed by atoms with Crippen molar-refractivity contribution in [2.45, 2.75) is 96.9 Å². The largest absolute Gasteiger partial charge is 0.399 e. The lowest BCUT2D eigenvalue weighted by Crippen LogP contribution is -2.62. The zero-order chi connectivity index (χ0) is 25.8. The van der Waals surface area contributed by atoms with E-state index < -0.39 is 6.10 Å². The van der Waals surface area contributed by atoms with Gasteiger partial charge in [0.1, 0.15) is 0 Å². The second-order valence-corrected chi connectivity index (χ2v) is 13.2. The molecule has 0 saturated heterocycles. The third-order valence-electron chi connectivity index (χ3n) is 11.5. The van der Waals surface area contributed by atoms with Crippen molar-refractivity contribution in [3.8, 4) is 0 Å². The number of rotatable bonds is 5. The molecule has 0 aromatic heterocycles. The van der Waals surface area contributed by atoms with Crippen molar-refractivity contribution in [1.82, 2.24) is 0 Å². The van der Waals surface area contributed by atoms with E-state index in [1.165, 1.54) is 0 Å². The van der Waals surface area contributed by atoms with Gasteiger partial charge in [-0.3, -0.25) is 4.79 Å². The van der Waals surface area contributed by atoms with Gasteiger partial charge in [0.25, 0.3) is 0 Å². The number of nitrogens with one attached hydrogen (secondary N) is 1. The van der Waals surface area contributed by atoms with Crippen molar-refractivity contribution in [3.05, 3.63) is 24.3 Å². The summed E-state index contributed by atoms with van der Waals surface area (Å²) < 4.78 is 0. The highest BCUT2D eigenvalue weighted by atomic mass is 35.5. The van der Waals surface area contributed by atoms with Crippen LogP contribution in [0.4, 0.5) is 11.4 Å². The molecule has 7 heteroatoms. The van der Waals surface area contributed by atoms with Crippen LogP contribution in [0.2, 0.25) is 0 Å². The molecule has 1 aromatic rings. The maximum Gasteiger partial charge on any atom is 0.224 e. The van der Waals surface area contributed by atoms with E-state index in [2.05, 4.69) is 26.1 Å². The van der Waals surface area contributed by atoms with Gasteiger partial charge in [-0.25, -0.2) is 0 Å². The van der Waals surface area contributed by atoms with Crippen molar-refractivity contribution in [1.29, 1.82) is 0 Å². The highest BCUT2D eigenvalue weighted by Gasteiger charge is 2.65. The standard InChI is InChI=1S/C30H46N2O4.ClH/c1-17(4-11-27(36)32-20-7-5-19(31)6-8-20)22-9-10-23-28-24(16-26(35)30(22,23)3)29(2)13-12-21(33)14-18(29)15-25(28)34;/h5-8,17-18,21-26,28,33-35H,4,9-16,31H2,1-3H3,(H,32,36);1H/t17-,18+,21-,22-,23+,24+,25-,26+,28+,29+,30-;/m1./s1. The Kier molecular flexibility index (Phi) is 8.27. The van der Waals surface area contributed by atoms with Crippen LogP contribution in [0.25, 0.3) is 0 Å². The summed E-state index contributed by atoms with van der Waals surface area (Å²) in [5.74, 6) is 1.85. The van der Waals surface area contributed by atoms with Crippen molar-refractivity contribution < 1.29 is 20.1 Å². The average Bonchev–Trinajstić information content (AvgIpc) is 3.19. The number of nitrogen functional groups attached to an aromatic ring is 1. The molecule has 0 heterocycles. The van der Waals surface area contributed by atoms with Crippen LogP contribution in [-0.4, -0.2) is 39.5 Å². The molecule has 0 radical (unpaired) electrons. The Labute approximate surface area is 228 Å². The lowest BCUT2D eigenvalue weighted by atomic mass is 9.43. The fraction of sp³-hybridized carbons (Fsp3) is 0.767. The van der Waals surface area contributed by atoms with E-state index in [0.29, 0.717) is 41.7 Å². The first kappa shape index (κ1) is 28.7. The highest BCUT2D eigenvalue weighted by Crippen LogP contribution is 2.68. The Bertz CT molecular complexity index is 959. The Hall–Kier alpha value is -1.34. The van der Waals surface area contributed by atoms with E-state index in [-0.39, 0.29) is 47.3 Å². The summed E-state index contributed by atoms with van der Waals surface area (Å²) in [6.07, 6.45) is 6.48. The molecular formula is C30H47ClN2O4. The number of aliphatic hydroxyl groups excluding tert-OH is 3. The van der Waals surface area contributed by atoms with Crippen LogP contribution >= 0.6 is 12.4 Å². The summed E-state index contributed by atoms with van der Waals surface area (Å²) in [6.45, 7) is 6.88. The lowest BCUT2D eigenvalue weighted by molar-refractivity contribution is -0.207. The first-order valence-electron chi connectivity index (χ1n) is 14.2. The van der Waals surface area contributed by atoms with Gasteiger partial charge in [-0.15, -0.1) is 12.4 Å². The summed E-state index contributed by atoms with van der Waals surface area (Å²) in [7, 11) is 0. The number of amides is 1. The molecule has 0 aliphatic heterocycles. The predicted octanol–water partition coefficient (Wildman–Crippen LogP) is 5.01. The van der Waals surface area contributed by atoms with Crippen molar-refractivity contribution in [2.24, 2.45) is 46.3 Å². The Balaban J connectivity index is 0.00000320. The maximum absolute atomic E-state index is 12.6. The molecular weight excluding hydrogens is 488 g/mol. The van der Waals surface area contributed by atoms with Gasteiger partial charge in [-0.05, 0) is 122 Å². The van der Waals surface area contributed by atoms with Crippen LogP contribution in [0.15, 0.2) is 24.3 Å². The quantitative estimate of drug-likeness (QED) is 0.341. The SMILES string of the molecule is C[C@H](CCC(=O)Nc1ccc(N)cc1)[C@H]1CC[C@H]2[C@@H]3[C@H](O)C[C@@H]4C[C@H](O)CC[C@]4(C)[C@H]3C[C@H](O)[C@]12C.Cl. The second kappa shape index (κ2) is 10.7. The summed E-state index contributed by atoms with van der Waals surface area (Å²) in [6, 6.07) is 7.21. The monoisotopic (exact) mass is 534 g/mol. The number of halogens is 1. The molecule has 0 unspecified atom stereocenters. The van der Waals surface area contributed by atoms with E-state index in [1.807, 2.05) is 12.1 Å². The van der Waals surface area contributed by atoms with Gasteiger partial charge in [0.2, 0.25) is 5.91 Å². The van der Waals surface area contributed by atoms with Crippen molar-refractivity contribution >= 4 is 29.7 Å². The molecule has 4 saturated carbocycles. The van der Waals surface area contributed by atoms with Crippen LogP contribution in [0.3, 0.4) is 0 Å². The van der Waals surface area contributed by atoms with Gasteiger partial charge in [0, 0.05) is 17.8 Å². The van der Waals surface area contributed by atoms with Crippen molar-refractivity contribution in [2.75, 3.05) is 11.1 Å². The van der Waals surface area contributed by atoms with E-state index >= 15 is 0 Å². The number of carbonyl (C=O) groups is 1. The molecule has 0 bridgehead atoms. The number of anilines is 2. The minimum Gasteiger partial charge on any atom is -0.399 e. The van der Waals surface area contributed by atoms with Crippen LogP contribution < -0.4 is 11.1 Å². The van der Waals surface area contributed by atoms with E-state index in [1.54, 1.807) is 12.1 Å². The molecule has 37 heavy (non-hydrogen) atoms. The topological polar surface area (TPSA) is 116 Å². The van der Waals surface area contributed by atoms with Gasteiger partial charge in [-0.2, -0.15) is 0 Å². The van der Waals surface area contributed by atoms with E-state index in [9.17, 15) is 20.1 Å². The molecule has 5 rings (SSSR count). The number of benzene rings is 1. The summed E-state index contributed by atoms with van der Waals surface area (Å²) >= 11 is 0. The smallest absolute Gasteiger partial charge is 0.224 e. The fourth-order valence-electron chi connectivity index (χ4n) is 9.48. The van der Waals surface area contributed by atoms with Gasteiger partial charge in [0.15, 0.2) is 0 Å². The zero-order valence-electron chi connectivity index (χ0n) is 22.6. The van der Waals surface area contributed by atoms with Gasteiger partial charge in [0.05, 0.1) is 18.3 Å².